The number of benzene rings is 1. The van der Waals surface area contributed by atoms with Crippen molar-refractivity contribution in [1.29, 1.82) is 0 Å². The molecule has 3 atom stereocenters. The molecule has 0 aliphatic carbocycles. The highest BCUT2D eigenvalue weighted by molar-refractivity contribution is 8.76. The molecule has 0 saturated heterocycles. The number of anilines is 1. The molecule has 194 valence electrons. The van der Waals surface area contributed by atoms with E-state index in [0.29, 0.717) is 24.6 Å². The van der Waals surface area contributed by atoms with Crippen molar-refractivity contribution in [2.45, 2.75) is 18.0 Å². The summed E-state index contributed by atoms with van der Waals surface area (Å²) in [4.78, 5) is 27.3. The minimum absolute atomic E-state index is 0.0621. The van der Waals surface area contributed by atoms with Gasteiger partial charge in [0.1, 0.15) is 0 Å². The highest BCUT2D eigenvalue weighted by Gasteiger charge is 2.36. The predicted molar refractivity (Wildman–Crippen MR) is 158 cm³/mol. The highest BCUT2D eigenvalue weighted by atomic mass is 33.1. The molecule has 0 aromatic heterocycles. The van der Waals surface area contributed by atoms with Crippen molar-refractivity contribution >= 4 is 96.3 Å². The molecular formula is C20H29N5O4S6. The van der Waals surface area contributed by atoms with E-state index < -0.39 is 5.92 Å². The lowest BCUT2D eigenvalue weighted by atomic mass is 10.0. The Morgan fingerprint density at radius 3 is 2.14 bits per heavy atom. The molecular weight excluding hydrogens is 567 g/mol. The van der Waals surface area contributed by atoms with E-state index in [1.807, 2.05) is 24.3 Å². The molecule has 1 heterocycles. The summed E-state index contributed by atoms with van der Waals surface area (Å²) in [6.07, 6.45) is 0. The molecule has 1 aromatic carbocycles. The lowest BCUT2D eigenvalue weighted by Gasteiger charge is -2.18. The van der Waals surface area contributed by atoms with Crippen LogP contribution in [0.2, 0.25) is 0 Å². The summed E-state index contributed by atoms with van der Waals surface area (Å²) in [6.45, 7) is 1.09. The molecule has 1 aliphatic heterocycles. The SMILES string of the molecule is O=C(NCCSSN[C@@H](C=S)CO)C1CN(C(=O)NCCSSN[C@@H](C=S)CO)c2ccccc21. The number of urea groups is 1. The summed E-state index contributed by atoms with van der Waals surface area (Å²) in [7, 11) is 5.77. The number of hydrogen-bond acceptors (Lipinski definition) is 12. The number of carbonyl (C=O) groups is 2. The predicted octanol–water partition coefficient (Wildman–Crippen LogP) is 1.91. The monoisotopic (exact) mass is 595 g/mol. The van der Waals surface area contributed by atoms with Crippen LogP contribution in [0.3, 0.4) is 0 Å². The molecule has 1 unspecified atom stereocenters. The van der Waals surface area contributed by atoms with Crippen molar-refractivity contribution in [1.82, 2.24) is 20.1 Å². The molecule has 0 spiro atoms. The van der Waals surface area contributed by atoms with Gasteiger partial charge in [-0.2, -0.15) is 0 Å². The zero-order chi connectivity index (χ0) is 25.5. The second-order valence-corrected chi connectivity index (χ2v) is 12.2. The Morgan fingerprint density at radius 1 is 1.00 bits per heavy atom. The Morgan fingerprint density at radius 2 is 1.57 bits per heavy atom. The van der Waals surface area contributed by atoms with Gasteiger partial charge in [-0.3, -0.25) is 9.69 Å². The van der Waals surface area contributed by atoms with Crippen LogP contribution in [0.1, 0.15) is 11.5 Å². The van der Waals surface area contributed by atoms with Gasteiger partial charge in [-0.15, -0.1) is 0 Å². The second kappa shape index (κ2) is 17.8. The van der Waals surface area contributed by atoms with Crippen molar-refractivity contribution < 1.29 is 19.8 Å². The van der Waals surface area contributed by atoms with Crippen LogP contribution in [0.4, 0.5) is 10.5 Å². The number of hydrogen-bond donors (Lipinski definition) is 6. The summed E-state index contributed by atoms with van der Waals surface area (Å²) in [5.74, 6) is 0.784. The van der Waals surface area contributed by atoms with Crippen molar-refractivity contribution in [3.8, 4) is 0 Å². The molecule has 6 N–H and O–H groups in total. The van der Waals surface area contributed by atoms with E-state index in [2.05, 4.69) is 20.1 Å². The van der Waals surface area contributed by atoms with Gasteiger partial charge < -0.3 is 20.8 Å². The van der Waals surface area contributed by atoms with E-state index in [9.17, 15) is 9.59 Å². The molecule has 0 radical (unpaired) electrons. The number of carbonyl (C=O) groups excluding carboxylic acids is 2. The third-order valence-corrected chi connectivity index (χ3v) is 9.43. The van der Waals surface area contributed by atoms with Crippen LogP contribution in [0.5, 0.6) is 0 Å². The molecule has 0 fully saturated rings. The maximum absolute atomic E-state index is 12.9. The molecule has 9 nitrogen and oxygen atoms in total. The minimum atomic E-state index is -0.430. The van der Waals surface area contributed by atoms with E-state index >= 15 is 0 Å². The van der Waals surface area contributed by atoms with Gasteiger partial charge in [-0.05, 0) is 44.3 Å². The second-order valence-electron chi connectivity index (χ2n) is 7.14. The maximum Gasteiger partial charge on any atom is 0.321 e. The molecule has 2 rings (SSSR count). The lowest BCUT2D eigenvalue weighted by Crippen LogP contribution is -2.42. The summed E-state index contributed by atoms with van der Waals surface area (Å²) < 4.78 is 6.03. The molecule has 0 saturated carbocycles. The number of nitrogens with one attached hydrogen (secondary N) is 4. The maximum atomic E-state index is 12.9. The van der Waals surface area contributed by atoms with Crippen LogP contribution in [0.15, 0.2) is 24.3 Å². The zero-order valence-electron chi connectivity index (χ0n) is 18.8. The van der Waals surface area contributed by atoms with Crippen molar-refractivity contribution in [3.63, 3.8) is 0 Å². The largest absolute Gasteiger partial charge is 0.394 e. The first kappa shape index (κ1) is 30.6. The van der Waals surface area contributed by atoms with E-state index in [0.717, 1.165) is 11.3 Å². The van der Waals surface area contributed by atoms with Gasteiger partial charge in [0.05, 0.1) is 31.2 Å². The van der Waals surface area contributed by atoms with Gasteiger partial charge in [-0.1, -0.05) is 64.2 Å². The van der Waals surface area contributed by atoms with Gasteiger partial charge >= 0.3 is 6.03 Å². The molecule has 3 amide bonds. The minimum Gasteiger partial charge on any atom is -0.394 e. The van der Waals surface area contributed by atoms with Crippen molar-refractivity contribution in [3.05, 3.63) is 29.8 Å². The number of rotatable bonds is 17. The first-order valence-electron chi connectivity index (χ1n) is 10.7. The van der Waals surface area contributed by atoms with Gasteiger partial charge in [0.2, 0.25) is 5.91 Å². The number of para-hydroxylation sites is 1. The third kappa shape index (κ3) is 10.3. The van der Waals surface area contributed by atoms with Crippen LogP contribution in [0, 0.1) is 0 Å². The van der Waals surface area contributed by atoms with Crippen LogP contribution in [0.25, 0.3) is 0 Å². The van der Waals surface area contributed by atoms with E-state index in [1.54, 1.807) is 4.90 Å². The number of fused-ring (bicyclic) bond motifs is 1. The average Bonchev–Trinajstić information content (AvgIpc) is 3.28. The van der Waals surface area contributed by atoms with Crippen LogP contribution < -0.4 is 25.0 Å². The van der Waals surface area contributed by atoms with Crippen LogP contribution in [-0.2, 0) is 4.79 Å². The van der Waals surface area contributed by atoms with Gasteiger partial charge in [0, 0.05) is 36.8 Å². The van der Waals surface area contributed by atoms with Gasteiger partial charge in [0.25, 0.3) is 0 Å². The Bertz CT molecular complexity index is 774. The smallest absolute Gasteiger partial charge is 0.321 e. The summed E-state index contributed by atoms with van der Waals surface area (Å²) in [6, 6.07) is 6.72. The number of aliphatic hydroxyl groups excluding tert-OH is 2. The fourth-order valence-corrected chi connectivity index (χ4v) is 6.79. The molecule has 35 heavy (non-hydrogen) atoms. The van der Waals surface area contributed by atoms with Crippen LogP contribution >= 0.6 is 68.0 Å². The lowest BCUT2D eigenvalue weighted by molar-refractivity contribution is -0.122. The van der Waals surface area contributed by atoms with E-state index in [4.69, 9.17) is 34.6 Å². The average molecular weight is 596 g/mol. The number of amides is 3. The van der Waals surface area contributed by atoms with E-state index in [1.165, 1.54) is 54.3 Å². The Labute approximate surface area is 232 Å². The number of thiocarbonyl (C=S) groups is 2. The fourth-order valence-electron chi connectivity index (χ4n) is 2.95. The normalized spacial score (nSPS) is 16.3. The summed E-state index contributed by atoms with van der Waals surface area (Å²) in [5.41, 5.74) is 1.57. The third-order valence-electron chi connectivity index (χ3n) is 4.71. The fraction of sp³-hybridized carbons (Fsp3) is 0.500. The van der Waals surface area contributed by atoms with Crippen molar-refractivity contribution in [2.75, 3.05) is 49.3 Å². The Kier molecular flexibility index (Phi) is 15.5. The summed E-state index contributed by atoms with van der Waals surface area (Å²) in [5, 5.41) is 27.0. The molecule has 1 aliphatic rings. The van der Waals surface area contributed by atoms with E-state index in [-0.39, 0.29) is 43.8 Å². The van der Waals surface area contributed by atoms with Crippen molar-refractivity contribution in [2.24, 2.45) is 0 Å². The van der Waals surface area contributed by atoms with Crippen LogP contribution in [-0.4, -0.2) is 89.3 Å². The highest BCUT2D eigenvalue weighted by Crippen LogP contribution is 2.36. The summed E-state index contributed by atoms with van der Waals surface area (Å²) >= 11 is 9.62. The number of nitrogens with zero attached hydrogens (tertiary/aromatic N) is 1. The Balaban J connectivity index is 1.75. The quantitative estimate of drug-likeness (QED) is 0.0682. The number of aliphatic hydroxyl groups is 2. The van der Waals surface area contributed by atoms with Gasteiger partial charge in [0.15, 0.2) is 0 Å². The molecule has 1 aromatic rings. The first-order valence-corrected chi connectivity index (χ1v) is 16.3. The molecule has 15 heteroatoms. The topological polar surface area (TPSA) is 126 Å². The first-order chi connectivity index (χ1) is 17.0. The zero-order valence-corrected chi connectivity index (χ0v) is 23.7. The van der Waals surface area contributed by atoms with Gasteiger partial charge in [-0.25, -0.2) is 14.2 Å². The Hall–Kier alpha value is -0.620. The standard InChI is InChI=1S/C20H29N5O4S6/c26-10-14(12-30)23-34-32-7-5-21-19(28)17-9-25(18-4-2-1-3-16(17)18)20(29)22-6-8-33-35-24-15(11-27)13-31/h1-4,12-15,17,23-24,26-27H,5-11H2,(H,21,28)(H,22,29)/t14-,15-,17?/m1/s1. The molecule has 0 bridgehead atoms.